The molecular formula is C20H19N3O3. The van der Waals surface area contributed by atoms with Crippen LogP contribution in [0.15, 0.2) is 61.1 Å². The molecule has 0 saturated carbocycles. The van der Waals surface area contributed by atoms with Crippen LogP contribution in [-0.2, 0) is 6.54 Å². The molecule has 1 N–H and O–H groups in total. The van der Waals surface area contributed by atoms with E-state index in [1.165, 1.54) is 7.11 Å². The lowest BCUT2D eigenvalue weighted by Gasteiger charge is -2.10. The second-order valence-electron chi connectivity index (χ2n) is 5.54. The van der Waals surface area contributed by atoms with E-state index in [2.05, 4.69) is 15.3 Å². The van der Waals surface area contributed by atoms with Gasteiger partial charge in [0.05, 0.1) is 19.9 Å². The Balaban J connectivity index is 1.70. The third kappa shape index (κ3) is 3.97. The minimum absolute atomic E-state index is 0.189. The third-order valence-electron chi connectivity index (χ3n) is 3.88. The molecule has 3 rings (SSSR count). The van der Waals surface area contributed by atoms with E-state index in [1.807, 2.05) is 24.3 Å². The maximum absolute atomic E-state index is 12.4. The quantitative estimate of drug-likeness (QED) is 0.740. The van der Waals surface area contributed by atoms with Crippen LogP contribution >= 0.6 is 0 Å². The summed E-state index contributed by atoms with van der Waals surface area (Å²) in [7, 11) is 3.09. The highest BCUT2D eigenvalue weighted by Crippen LogP contribution is 2.27. The predicted octanol–water partition coefficient (Wildman–Crippen LogP) is 3.09. The fraction of sp³-hybridized carbons (Fsp3) is 0.150. The zero-order chi connectivity index (χ0) is 18.4. The summed E-state index contributed by atoms with van der Waals surface area (Å²) in [6.45, 7) is 0.392. The van der Waals surface area contributed by atoms with E-state index in [4.69, 9.17) is 9.47 Å². The van der Waals surface area contributed by atoms with E-state index < -0.39 is 0 Å². The highest BCUT2D eigenvalue weighted by molar-refractivity contribution is 5.94. The van der Waals surface area contributed by atoms with Crippen LogP contribution in [0, 0.1) is 0 Å². The summed E-state index contributed by atoms with van der Waals surface area (Å²) in [6, 6.07) is 12.7. The second kappa shape index (κ2) is 8.11. The van der Waals surface area contributed by atoms with Crippen molar-refractivity contribution in [2.75, 3.05) is 14.2 Å². The maximum Gasteiger partial charge on any atom is 0.251 e. The monoisotopic (exact) mass is 349 g/mol. The molecule has 6 heteroatoms. The van der Waals surface area contributed by atoms with Crippen LogP contribution in [0.4, 0.5) is 0 Å². The van der Waals surface area contributed by atoms with E-state index >= 15 is 0 Å². The molecule has 132 valence electrons. The maximum atomic E-state index is 12.4. The molecule has 1 amide bonds. The molecule has 0 fully saturated rings. The van der Waals surface area contributed by atoms with Gasteiger partial charge < -0.3 is 14.8 Å². The standard InChI is InChI=1S/C20H19N3O3/c1-25-18-6-5-15(11-19(18)26-2)20(24)23-12-14-7-9-22-17(10-14)16-4-3-8-21-13-16/h3-11,13H,12H2,1-2H3,(H,23,24). The van der Waals surface area contributed by atoms with E-state index in [-0.39, 0.29) is 5.91 Å². The van der Waals surface area contributed by atoms with Crippen LogP contribution in [0.5, 0.6) is 11.5 Å². The fourth-order valence-corrected chi connectivity index (χ4v) is 2.52. The van der Waals surface area contributed by atoms with Gasteiger partial charge in [0.1, 0.15) is 0 Å². The Hall–Kier alpha value is -3.41. The third-order valence-corrected chi connectivity index (χ3v) is 3.88. The highest BCUT2D eigenvalue weighted by atomic mass is 16.5. The van der Waals surface area contributed by atoms with Crippen molar-refractivity contribution in [3.8, 4) is 22.8 Å². The van der Waals surface area contributed by atoms with E-state index in [0.29, 0.717) is 23.6 Å². The van der Waals surface area contributed by atoms with Gasteiger partial charge in [-0.3, -0.25) is 14.8 Å². The Kier molecular flexibility index (Phi) is 5.43. The van der Waals surface area contributed by atoms with Gasteiger partial charge >= 0.3 is 0 Å². The minimum Gasteiger partial charge on any atom is -0.493 e. The number of nitrogens with one attached hydrogen (secondary N) is 1. The number of methoxy groups -OCH3 is 2. The molecule has 26 heavy (non-hydrogen) atoms. The van der Waals surface area contributed by atoms with Gasteiger partial charge in [-0.05, 0) is 48.0 Å². The van der Waals surface area contributed by atoms with Gasteiger partial charge in [0.25, 0.3) is 5.91 Å². The molecule has 0 atom stereocenters. The summed E-state index contributed by atoms with van der Waals surface area (Å²) in [4.78, 5) is 20.9. The van der Waals surface area contributed by atoms with Crippen molar-refractivity contribution < 1.29 is 14.3 Å². The number of benzene rings is 1. The lowest BCUT2D eigenvalue weighted by Crippen LogP contribution is -2.22. The molecule has 0 aliphatic heterocycles. The Morgan fingerprint density at radius 2 is 1.88 bits per heavy atom. The van der Waals surface area contributed by atoms with Crippen molar-refractivity contribution >= 4 is 5.91 Å². The summed E-state index contributed by atoms with van der Waals surface area (Å²) >= 11 is 0. The largest absolute Gasteiger partial charge is 0.493 e. The first kappa shape index (κ1) is 17.4. The Morgan fingerprint density at radius 3 is 2.62 bits per heavy atom. The molecule has 2 heterocycles. The molecule has 0 spiro atoms. The Bertz CT molecular complexity index is 898. The van der Waals surface area contributed by atoms with Gasteiger partial charge in [0.2, 0.25) is 0 Å². The van der Waals surface area contributed by atoms with Crippen LogP contribution in [0.2, 0.25) is 0 Å². The fourth-order valence-electron chi connectivity index (χ4n) is 2.52. The molecule has 3 aromatic rings. The molecule has 1 aromatic carbocycles. The topological polar surface area (TPSA) is 73.3 Å². The first-order valence-electron chi connectivity index (χ1n) is 8.07. The van der Waals surface area contributed by atoms with Crippen LogP contribution in [-0.4, -0.2) is 30.1 Å². The second-order valence-corrected chi connectivity index (χ2v) is 5.54. The van der Waals surface area contributed by atoms with Crippen LogP contribution in [0.25, 0.3) is 11.3 Å². The minimum atomic E-state index is -0.189. The van der Waals surface area contributed by atoms with Gasteiger partial charge in [-0.15, -0.1) is 0 Å². The van der Waals surface area contributed by atoms with E-state index in [9.17, 15) is 4.79 Å². The van der Waals surface area contributed by atoms with Gasteiger partial charge in [0, 0.05) is 36.3 Å². The van der Waals surface area contributed by atoms with Crippen molar-refractivity contribution in [3.63, 3.8) is 0 Å². The van der Waals surface area contributed by atoms with Crippen molar-refractivity contribution in [2.24, 2.45) is 0 Å². The molecule has 2 aromatic heterocycles. The van der Waals surface area contributed by atoms with E-state index in [1.54, 1.807) is 43.9 Å². The lowest BCUT2D eigenvalue weighted by atomic mass is 10.1. The molecular weight excluding hydrogens is 330 g/mol. The summed E-state index contributed by atoms with van der Waals surface area (Å²) in [5, 5.41) is 2.90. The number of rotatable bonds is 6. The van der Waals surface area contributed by atoms with Crippen LogP contribution < -0.4 is 14.8 Å². The van der Waals surface area contributed by atoms with Crippen LogP contribution in [0.3, 0.4) is 0 Å². The molecule has 0 bridgehead atoms. The molecule has 0 aliphatic rings. The normalized spacial score (nSPS) is 10.2. The molecule has 0 aliphatic carbocycles. The lowest BCUT2D eigenvalue weighted by molar-refractivity contribution is 0.0950. The average molecular weight is 349 g/mol. The molecule has 0 unspecified atom stereocenters. The SMILES string of the molecule is COc1ccc(C(=O)NCc2ccnc(-c3cccnc3)c2)cc1OC. The van der Waals surface area contributed by atoms with Crippen molar-refractivity contribution in [1.82, 2.24) is 15.3 Å². The number of amides is 1. The van der Waals surface area contributed by atoms with Crippen molar-refractivity contribution in [2.45, 2.75) is 6.54 Å². The molecule has 0 radical (unpaired) electrons. The summed E-state index contributed by atoms with van der Waals surface area (Å²) < 4.78 is 10.4. The molecule has 0 saturated heterocycles. The number of carbonyl (C=O) groups is 1. The Morgan fingerprint density at radius 1 is 1.04 bits per heavy atom. The Labute approximate surface area is 151 Å². The number of hydrogen-bond acceptors (Lipinski definition) is 5. The van der Waals surface area contributed by atoms with Gasteiger partial charge in [-0.2, -0.15) is 0 Å². The first-order chi connectivity index (χ1) is 12.7. The molecule has 6 nitrogen and oxygen atoms in total. The number of hydrogen-bond donors (Lipinski definition) is 1. The van der Waals surface area contributed by atoms with Crippen molar-refractivity contribution in [3.05, 3.63) is 72.2 Å². The number of aromatic nitrogens is 2. The zero-order valence-electron chi connectivity index (χ0n) is 14.6. The first-order valence-corrected chi connectivity index (χ1v) is 8.07. The highest BCUT2D eigenvalue weighted by Gasteiger charge is 2.11. The van der Waals surface area contributed by atoms with E-state index in [0.717, 1.165) is 16.8 Å². The van der Waals surface area contributed by atoms with Crippen LogP contribution in [0.1, 0.15) is 15.9 Å². The number of nitrogens with zero attached hydrogens (tertiary/aromatic N) is 2. The van der Waals surface area contributed by atoms with Gasteiger partial charge in [-0.25, -0.2) is 0 Å². The number of pyridine rings is 2. The van der Waals surface area contributed by atoms with Gasteiger partial charge in [-0.1, -0.05) is 0 Å². The average Bonchev–Trinajstić information content (AvgIpc) is 2.72. The summed E-state index contributed by atoms with van der Waals surface area (Å²) in [5.74, 6) is 0.910. The predicted molar refractivity (Wildman–Crippen MR) is 98.2 cm³/mol. The smallest absolute Gasteiger partial charge is 0.251 e. The zero-order valence-corrected chi connectivity index (χ0v) is 14.6. The number of ether oxygens (including phenoxy) is 2. The van der Waals surface area contributed by atoms with Gasteiger partial charge in [0.15, 0.2) is 11.5 Å². The number of carbonyl (C=O) groups excluding carboxylic acids is 1. The summed E-state index contributed by atoms with van der Waals surface area (Å²) in [6.07, 6.45) is 5.20. The summed E-state index contributed by atoms with van der Waals surface area (Å²) in [5.41, 5.74) is 3.20. The van der Waals surface area contributed by atoms with Crippen molar-refractivity contribution in [1.29, 1.82) is 0 Å².